The van der Waals surface area contributed by atoms with Crippen LogP contribution in [-0.4, -0.2) is 34.8 Å². The van der Waals surface area contributed by atoms with Crippen molar-refractivity contribution in [3.8, 4) is 11.5 Å². The van der Waals surface area contributed by atoms with E-state index in [9.17, 15) is 13.2 Å². The van der Waals surface area contributed by atoms with Crippen LogP contribution in [0.4, 0.5) is 5.69 Å². The maximum absolute atomic E-state index is 12.5. The number of amides is 1. The molecule has 0 aliphatic heterocycles. The van der Waals surface area contributed by atoms with Gasteiger partial charge >= 0.3 is 0 Å². The molecule has 146 valence electrons. The second-order valence-corrected chi connectivity index (χ2v) is 8.03. The minimum atomic E-state index is -3.53. The highest BCUT2D eigenvalue weighted by atomic mass is 35.5. The van der Waals surface area contributed by atoms with Crippen molar-refractivity contribution >= 4 is 33.2 Å². The standard InChI is InChI=1S/C18H21ClN2O5S/c1-25-14-8-9-15(17(10-14)26-2)20-18(22)11-16(21-27(3,23)24)12-4-6-13(19)7-5-12/h4-10,16,21H,11H2,1-3H3,(H,20,22)/t16-/m1/s1. The highest BCUT2D eigenvalue weighted by Crippen LogP contribution is 2.29. The number of hydrogen-bond donors (Lipinski definition) is 2. The van der Waals surface area contributed by atoms with E-state index in [0.717, 1.165) is 6.26 Å². The Kier molecular flexibility index (Phi) is 7.06. The van der Waals surface area contributed by atoms with Crippen LogP contribution >= 0.6 is 11.6 Å². The van der Waals surface area contributed by atoms with Crippen LogP contribution in [0.15, 0.2) is 42.5 Å². The largest absolute Gasteiger partial charge is 0.497 e. The molecule has 0 saturated heterocycles. The summed E-state index contributed by atoms with van der Waals surface area (Å²) >= 11 is 5.88. The van der Waals surface area contributed by atoms with Gasteiger partial charge in [-0.25, -0.2) is 13.1 Å². The van der Waals surface area contributed by atoms with Crippen molar-refractivity contribution in [2.24, 2.45) is 0 Å². The number of sulfonamides is 1. The van der Waals surface area contributed by atoms with Crippen molar-refractivity contribution < 1.29 is 22.7 Å². The molecular weight excluding hydrogens is 392 g/mol. The second kappa shape index (κ2) is 9.07. The first kappa shape index (κ1) is 21.0. The number of anilines is 1. The maximum atomic E-state index is 12.5. The van der Waals surface area contributed by atoms with Crippen molar-refractivity contribution in [2.45, 2.75) is 12.5 Å². The molecule has 9 heteroatoms. The quantitative estimate of drug-likeness (QED) is 0.695. The van der Waals surface area contributed by atoms with E-state index in [2.05, 4.69) is 10.0 Å². The van der Waals surface area contributed by atoms with Gasteiger partial charge in [-0.1, -0.05) is 23.7 Å². The van der Waals surface area contributed by atoms with E-state index in [0.29, 0.717) is 27.8 Å². The fourth-order valence-corrected chi connectivity index (χ4v) is 3.33. The number of halogens is 1. The number of carbonyl (C=O) groups is 1. The van der Waals surface area contributed by atoms with E-state index in [1.165, 1.54) is 14.2 Å². The Hall–Kier alpha value is -2.29. The lowest BCUT2D eigenvalue weighted by atomic mass is 10.0. The predicted octanol–water partition coefficient (Wildman–Crippen LogP) is 2.98. The molecule has 2 rings (SSSR count). The number of nitrogens with one attached hydrogen (secondary N) is 2. The molecule has 7 nitrogen and oxygen atoms in total. The van der Waals surface area contributed by atoms with E-state index >= 15 is 0 Å². The molecule has 0 aliphatic rings. The van der Waals surface area contributed by atoms with Gasteiger partial charge in [-0.15, -0.1) is 0 Å². The number of rotatable bonds is 8. The second-order valence-electron chi connectivity index (χ2n) is 5.81. The van der Waals surface area contributed by atoms with Gasteiger partial charge in [-0.2, -0.15) is 0 Å². The van der Waals surface area contributed by atoms with Gasteiger partial charge in [0.25, 0.3) is 0 Å². The molecule has 0 aromatic heterocycles. The van der Waals surface area contributed by atoms with Gasteiger partial charge in [-0.05, 0) is 29.8 Å². The Bertz CT molecular complexity index is 900. The number of benzene rings is 2. The van der Waals surface area contributed by atoms with Crippen LogP contribution in [0.1, 0.15) is 18.0 Å². The van der Waals surface area contributed by atoms with Crippen LogP contribution < -0.4 is 19.5 Å². The molecule has 0 unspecified atom stereocenters. The summed E-state index contributed by atoms with van der Waals surface area (Å²) in [6.45, 7) is 0. The molecule has 1 amide bonds. The molecule has 0 bridgehead atoms. The third kappa shape index (κ3) is 6.42. The van der Waals surface area contributed by atoms with E-state index in [1.54, 1.807) is 42.5 Å². The molecule has 2 N–H and O–H groups in total. The maximum Gasteiger partial charge on any atom is 0.226 e. The van der Waals surface area contributed by atoms with Crippen LogP contribution in [0, 0.1) is 0 Å². The minimum Gasteiger partial charge on any atom is -0.497 e. The van der Waals surface area contributed by atoms with Crippen molar-refractivity contribution in [2.75, 3.05) is 25.8 Å². The van der Waals surface area contributed by atoms with E-state index < -0.39 is 16.1 Å². The summed E-state index contributed by atoms with van der Waals surface area (Å²) in [6, 6.07) is 10.9. The van der Waals surface area contributed by atoms with Crippen molar-refractivity contribution in [3.63, 3.8) is 0 Å². The Morgan fingerprint density at radius 2 is 1.78 bits per heavy atom. The van der Waals surface area contributed by atoms with Crippen LogP contribution in [-0.2, 0) is 14.8 Å². The SMILES string of the molecule is COc1ccc(NC(=O)C[C@@H](NS(C)(=O)=O)c2ccc(Cl)cc2)c(OC)c1. The summed E-state index contributed by atoms with van der Waals surface area (Å²) in [4.78, 5) is 12.5. The molecule has 2 aromatic rings. The highest BCUT2D eigenvalue weighted by Gasteiger charge is 2.20. The third-order valence-electron chi connectivity index (χ3n) is 3.70. The molecule has 0 saturated carbocycles. The lowest BCUT2D eigenvalue weighted by Gasteiger charge is -2.18. The topological polar surface area (TPSA) is 93.7 Å². The molecule has 0 fully saturated rings. The van der Waals surface area contributed by atoms with Crippen molar-refractivity contribution in [1.29, 1.82) is 0 Å². The molecule has 0 aliphatic carbocycles. The Labute approximate surface area is 163 Å². The van der Waals surface area contributed by atoms with E-state index in [-0.39, 0.29) is 12.3 Å². The lowest BCUT2D eigenvalue weighted by molar-refractivity contribution is -0.116. The third-order valence-corrected chi connectivity index (χ3v) is 4.67. The molecule has 0 radical (unpaired) electrons. The fourth-order valence-electron chi connectivity index (χ4n) is 2.47. The summed E-state index contributed by atoms with van der Waals surface area (Å²) in [6.07, 6.45) is 0.935. The van der Waals surface area contributed by atoms with Crippen LogP contribution in [0.3, 0.4) is 0 Å². The average molecular weight is 413 g/mol. The van der Waals surface area contributed by atoms with Gasteiger partial charge in [0, 0.05) is 17.5 Å². The first-order valence-corrected chi connectivity index (χ1v) is 10.2. The monoisotopic (exact) mass is 412 g/mol. The number of ether oxygens (including phenoxy) is 2. The smallest absolute Gasteiger partial charge is 0.226 e. The molecule has 0 heterocycles. The fraction of sp³-hybridized carbons (Fsp3) is 0.278. The molecule has 2 aromatic carbocycles. The van der Waals surface area contributed by atoms with Crippen LogP contribution in [0.25, 0.3) is 0 Å². The Balaban J connectivity index is 2.19. The summed E-state index contributed by atoms with van der Waals surface area (Å²) in [5.41, 5.74) is 1.08. The zero-order valence-electron chi connectivity index (χ0n) is 15.2. The van der Waals surface area contributed by atoms with E-state index in [1.807, 2.05) is 0 Å². The summed E-state index contributed by atoms with van der Waals surface area (Å²) < 4.78 is 36.2. The van der Waals surface area contributed by atoms with Gasteiger partial charge in [0.1, 0.15) is 11.5 Å². The summed E-state index contributed by atoms with van der Waals surface area (Å²) in [7, 11) is -0.519. The van der Waals surface area contributed by atoms with Crippen molar-refractivity contribution in [1.82, 2.24) is 4.72 Å². The highest BCUT2D eigenvalue weighted by molar-refractivity contribution is 7.88. The van der Waals surface area contributed by atoms with Gasteiger partial charge < -0.3 is 14.8 Å². The number of carbonyl (C=O) groups excluding carboxylic acids is 1. The van der Waals surface area contributed by atoms with Crippen LogP contribution in [0.2, 0.25) is 5.02 Å². The zero-order chi connectivity index (χ0) is 20.0. The zero-order valence-corrected chi connectivity index (χ0v) is 16.7. The van der Waals surface area contributed by atoms with Gasteiger partial charge in [0.05, 0.1) is 32.2 Å². The Morgan fingerprint density at radius 3 is 2.33 bits per heavy atom. The summed E-state index contributed by atoms with van der Waals surface area (Å²) in [5.74, 6) is 0.638. The van der Waals surface area contributed by atoms with Gasteiger partial charge in [0.2, 0.25) is 15.9 Å². The van der Waals surface area contributed by atoms with Gasteiger partial charge in [0.15, 0.2) is 0 Å². The van der Waals surface area contributed by atoms with Crippen molar-refractivity contribution in [3.05, 3.63) is 53.1 Å². The van der Waals surface area contributed by atoms with Gasteiger partial charge in [-0.3, -0.25) is 4.79 Å². The molecule has 27 heavy (non-hydrogen) atoms. The minimum absolute atomic E-state index is 0.107. The lowest BCUT2D eigenvalue weighted by Crippen LogP contribution is -2.30. The molecule has 0 spiro atoms. The average Bonchev–Trinajstić information content (AvgIpc) is 2.61. The Morgan fingerprint density at radius 1 is 1.11 bits per heavy atom. The molecular formula is C18H21ClN2O5S. The number of methoxy groups -OCH3 is 2. The summed E-state index contributed by atoms with van der Waals surface area (Å²) in [5, 5.41) is 3.25. The first-order chi connectivity index (χ1) is 12.7. The first-order valence-electron chi connectivity index (χ1n) is 7.96. The predicted molar refractivity (Wildman–Crippen MR) is 105 cm³/mol. The van der Waals surface area contributed by atoms with Crippen LogP contribution in [0.5, 0.6) is 11.5 Å². The normalized spacial score (nSPS) is 12.3. The molecule has 1 atom stereocenters. The van der Waals surface area contributed by atoms with E-state index in [4.69, 9.17) is 21.1 Å². The number of hydrogen-bond acceptors (Lipinski definition) is 5.